The Morgan fingerprint density at radius 3 is 2.94 bits per heavy atom. The summed E-state index contributed by atoms with van der Waals surface area (Å²) in [5, 5.41) is 1.69. The molecule has 0 bridgehead atoms. The van der Waals surface area contributed by atoms with Crippen LogP contribution in [0.1, 0.15) is 5.56 Å². The number of anilines is 1. The van der Waals surface area contributed by atoms with Crippen LogP contribution in [-0.4, -0.2) is 9.55 Å². The minimum absolute atomic E-state index is 0.691. The number of benzene rings is 1. The average molecular weight is 254 g/mol. The van der Waals surface area contributed by atoms with Crippen molar-refractivity contribution in [2.45, 2.75) is 10.9 Å². The van der Waals surface area contributed by atoms with Crippen molar-refractivity contribution < 1.29 is 0 Å². The SMILES string of the molecule is Cn1ccnc1SCc1ccc(N)cc1Cl. The van der Waals surface area contributed by atoms with Crippen LogP contribution in [0.25, 0.3) is 0 Å². The largest absolute Gasteiger partial charge is 0.399 e. The molecule has 16 heavy (non-hydrogen) atoms. The van der Waals surface area contributed by atoms with E-state index >= 15 is 0 Å². The third kappa shape index (κ3) is 2.51. The number of nitrogens with zero attached hydrogens (tertiary/aromatic N) is 2. The van der Waals surface area contributed by atoms with Crippen molar-refractivity contribution in [2.24, 2.45) is 7.05 Å². The van der Waals surface area contributed by atoms with Crippen LogP contribution >= 0.6 is 23.4 Å². The summed E-state index contributed by atoms with van der Waals surface area (Å²) in [5.74, 6) is 0.796. The van der Waals surface area contributed by atoms with Crippen LogP contribution in [0.3, 0.4) is 0 Å². The Labute approximate surface area is 104 Å². The Morgan fingerprint density at radius 2 is 2.31 bits per heavy atom. The summed E-state index contributed by atoms with van der Waals surface area (Å²) >= 11 is 7.74. The quantitative estimate of drug-likeness (QED) is 0.676. The second-order valence-corrected chi connectivity index (χ2v) is 4.81. The maximum atomic E-state index is 6.09. The minimum atomic E-state index is 0.691. The van der Waals surface area contributed by atoms with Crippen molar-refractivity contribution in [1.82, 2.24) is 9.55 Å². The van der Waals surface area contributed by atoms with Gasteiger partial charge in [-0.1, -0.05) is 29.4 Å². The van der Waals surface area contributed by atoms with Crippen LogP contribution in [0.2, 0.25) is 5.02 Å². The van der Waals surface area contributed by atoms with Crippen LogP contribution in [0.4, 0.5) is 5.69 Å². The number of nitrogens with two attached hydrogens (primary N) is 1. The number of hydrogen-bond donors (Lipinski definition) is 1. The standard InChI is InChI=1S/C11H12ClN3S/c1-15-5-4-14-11(15)16-7-8-2-3-9(13)6-10(8)12/h2-6H,7,13H2,1H3. The number of hydrogen-bond acceptors (Lipinski definition) is 3. The topological polar surface area (TPSA) is 43.8 Å². The predicted octanol–water partition coefficient (Wildman–Crippen LogP) is 2.95. The summed E-state index contributed by atoms with van der Waals surface area (Å²) in [6.07, 6.45) is 3.71. The summed E-state index contributed by atoms with van der Waals surface area (Å²) < 4.78 is 1.98. The van der Waals surface area contributed by atoms with Crippen LogP contribution in [0.5, 0.6) is 0 Å². The lowest BCUT2D eigenvalue weighted by Gasteiger charge is -2.05. The van der Waals surface area contributed by atoms with E-state index in [1.807, 2.05) is 29.9 Å². The van der Waals surface area contributed by atoms with Crippen LogP contribution in [-0.2, 0) is 12.8 Å². The fourth-order valence-electron chi connectivity index (χ4n) is 1.31. The molecule has 2 rings (SSSR count). The van der Waals surface area contributed by atoms with Gasteiger partial charge in [0.2, 0.25) is 0 Å². The molecule has 2 aromatic rings. The lowest BCUT2D eigenvalue weighted by atomic mass is 10.2. The molecule has 0 aliphatic rings. The molecule has 0 saturated heterocycles. The summed E-state index contributed by atoms with van der Waals surface area (Å²) in [5.41, 5.74) is 7.40. The number of thioether (sulfide) groups is 1. The van der Waals surface area contributed by atoms with E-state index in [0.717, 1.165) is 16.5 Å². The molecule has 0 aliphatic heterocycles. The fourth-order valence-corrected chi connectivity index (χ4v) is 2.59. The smallest absolute Gasteiger partial charge is 0.167 e. The van der Waals surface area contributed by atoms with Crippen molar-refractivity contribution in [2.75, 3.05) is 5.73 Å². The van der Waals surface area contributed by atoms with Crippen molar-refractivity contribution in [1.29, 1.82) is 0 Å². The van der Waals surface area contributed by atoms with E-state index in [0.29, 0.717) is 10.7 Å². The summed E-state index contributed by atoms with van der Waals surface area (Å²) in [7, 11) is 1.97. The predicted molar refractivity (Wildman–Crippen MR) is 68.6 cm³/mol. The van der Waals surface area contributed by atoms with Gasteiger partial charge < -0.3 is 10.3 Å². The molecule has 0 fully saturated rings. The second kappa shape index (κ2) is 4.80. The summed E-state index contributed by atoms with van der Waals surface area (Å²) in [4.78, 5) is 4.24. The Morgan fingerprint density at radius 1 is 1.50 bits per heavy atom. The van der Waals surface area contributed by atoms with Gasteiger partial charge in [-0.05, 0) is 17.7 Å². The Hall–Kier alpha value is -1.13. The monoisotopic (exact) mass is 253 g/mol. The molecule has 5 heteroatoms. The number of imidazole rings is 1. The highest BCUT2D eigenvalue weighted by Gasteiger charge is 2.04. The summed E-state index contributed by atoms with van der Waals surface area (Å²) in [6.45, 7) is 0. The van der Waals surface area contributed by atoms with Gasteiger partial charge in [0.25, 0.3) is 0 Å². The number of halogens is 1. The van der Waals surface area contributed by atoms with E-state index in [9.17, 15) is 0 Å². The molecule has 84 valence electrons. The molecular weight excluding hydrogens is 242 g/mol. The molecule has 0 atom stereocenters. The van der Waals surface area contributed by atoms with Crippen molar-refractivity contribution in [3.05, 3.63) is 41.2 Å². The Bertz CT molecular complexity index is 496. The van der Waals surface area contributed by atoms with Gasteiger partial charge in [-0.2, -0.15) is 0 Å². The Balaban J connectivity index is 2.08. The van der Waals surface area contributed by atoms with Crippen LogP contribution in [0.15, 0.2) is 35.7 Å². The first kappa shape index (κ1) is 11.4. The molecule has 3 nitrogen and oxygen atoms in total. The molecule has 0 amide bonds. The number of aromatic nitrogens is 2. The maximum Gasteiger partial charge on any atom is 0.167 e. The highest BCUT2D eigenvalue weighted by Crippen LogP contribution is 2.26. The van der Waals surface area contributed by atoms with Crippen molar-refractivity contribution in [3.8, 4) is 0 Å². The van der Waals surface area contributed by atoms with Gasteiger partial charge in [0.15, 0.2) is 5.16 Å². The fraction of sp³-hybridized carbons (Fsp3) is 0.182. The van der Waals surface area contributed by atoms with E-state index in [1.165, 1.54) is 0 Å². The van der Waals surface area contributed by atoms with E-state index in [2.05, 4.69) is 4.98 Å². The zero-order chi connectivity index (χ0) is 11.5. The Kier molecular flexibility index (Phi) is 3.41. The number of rotatable bonds is 3. The maximum absolute atomic E-state index is 6.09. The van der Waals surface area contributed by atoms with Gasteiger partial charge >= 0.3 is 0 Å². The summed E-state index contributed by atoms with van der Waals surface area (Å²) in [6, 6.07) is 5.59. The molecule has 1 aromatic carbocycles. The first-order valence-electron chi connectivity index (χ1n) is 4.81. The highest BCUT2D eigenvalue weighted by atomic mass is 35.5. The minimum Gasteiger partial charge on any atom is -0.399 e. The number of nitrogen functional groups attached to an aromatic ring is 1. The molecule has 0 spiro atoms. The zero-order valence-corrected chi connectivity index (χ0v) is 10.4. The third-order valence-corrected chi connectivity index (χ3v) is 3.67. The van der Waals surface area contributed by atoms with Crippen LogP contribution in [0, 0.1) is 0 Å². The van der Waals surface area contributed by atoms with Gasteiger partial charge in [-0.3, -0.25) is 0 Å². The van der Waals surface area contributed by atoms with E-state index in [-0.39, 0.29) is 0 Å². The molecule has 1 heterocycles. The molecule has 1 aromatic heterocycles. The highest BCUT2D eigenvalue weighted by molar-refractivity contribution is 7.98. The van der Waals surface area contributed by atoms with Gasteiger partial charge in [-0.15, -0.1) is 0 Å². The second-order valence-electron chi connectivity index (χ2n) is 3.46. The normalized spacial score (nSPS) is 10.6. The first-order valence-corrected chi connectivity index (χ1v) is 6.17. The lowest BCUT2D eigenvalue weighted by Crippen LogP contribution is -1.91. The third-order valence-electron chi connectivity index (χ3n) is 2.21. The van der Waals surface area contributed by atoms with Gasteiger partial charge in [0, 0.05) is 35.9 Å². The van der Waals surface area contributed by atoms with E-state index in [4.69, 9.17) is 17.3 Å². The van der Waals surface area contributed by atoms with Crippen LogP contribution < -0.4 is 5.73 Å². The lowest BCUT2D eigenvalue weighted by molar-refractivity contribution is 0.790. The van der Waals surface area contributed by atoms with Crippen molar-refractivity contribution >= 4 is 29.1 Å². The average Bonchev–Trinajstić information content (AvgIpc) is 2.63. The number of aryl methyl sites for hydroxylation is 1. The first-order chi connectivity index (χ1) is 7.66. The van der Waals surface area contributed by atoms with E-state index < -0.39 is 0 Å². The van der Waals surface area contributed by atoms with Crippen molar-refractivity contribution in [3.63, 3.8) is 0 Å². The zero-order valence-electron chi connectivity index (χ0n) is 8.85. The van der Waals surface area contributed by atoms with Gasteiger partial charge in [0.1, 0.15) is 0 Å². The molecular formula is C11H12ClN3S. The van der Waals surface area contributed by atoms with Gasteiger partial charge in [-0.25, -0.2) is 4.98 Å². The molecule has 2 N–H and O–H groups in total. The van der Waals surface area contributed by atoms with E-state index in [1.54, 1.807) is 24.0 Å². The molecule has 0 aliphatic carbocycles. The molecule has 0 saturated carbocycles. The molecule has 0 unspecified atom stereocenters. The van der Waals surface area contributed by atoms with Gasteiger partial charge in [0.05, 0.1) is 0 Å². The molecule has 0 radical (unpaired) electrons.